The SMILES string of the molecule is CC(C)(C)CC(C)(C)Nc1c(-c2ccc(-c3ccccc3)cc2)nc2c(C#N)c[nH]n12. The van der Waals surface area contributed by atoms with Crippen molar-refractivity contribution in [2.45, 2.75) is 46.6 Å². The monoisotopic (exact) mass is 411 g/mol. The van der Waals surface area contributed by atoms with Gasteiger partial charge in [-0.05, 0) is 36.8 Å². The second-order valence-corrected chi connectivity index (χ2v) is 9.96. The smallest absolute Gasteiger partial charge is 0.173 e. The molecular formula is C26H29N5. The lowest BCUT2D eigenvalue weighted by atomic mass is 9.82. The molecule has 0 aliphatic rings. The lowest BCUT2D eigenvalue weighted by molar-refractivity contribution is 0.302. The number of aromatic amines is 1. The summed E-state index contributed by atoms with van der Waals surface area (Å²) in [5.74, 6) is 0.873. The lowest BCUT2D eigenvalue weighted by Crippen LogP contribution is -2.36. The first kappa shape index (κ1) is 20.7. The molecule has 0 saturated heterocycles. The fourth-order valence-corrected chi connectivity index (χ4v) is 4.46. The predicted octanol–water partition coefficient (Wildman–Crippen LogP) is 6.49. The van der Waals surface area contributed by atoms with Crippen LogP contribution in [0.15, 0.2) is 60.8 Å². The van der Waals surface area contributed by atoms with E-state index in [9.17, 15) is 5.26 Å². The van der Waals surface area contributed by atoms with Gasteiger partial charge in [-0.3, -0.25) is 5.10 Å². The van der Waals surface area contributed by atoms with Gasteiger partial charge in [0.1, 0.15) is 17.3 Å². The van der Waals surface area contributed by atoms with E-state index in [0.717, 1.165) is 29.1 Å². The van der Waals surface area contributed by atoms with Crippen molar-refractivity contribution in [3.8, 4) is 28.5 Å². The minimum Gasteiger partial charge on any atom is -0.363 e. The van der Waals surface area contributed by atoms with Crippen LogP contribution in [0.5, 0.6) is 0 Å². The van der Waals surface area contributed by atoms with Crippen LogP contribution in [0.4, 0.5) is 5.82 Å². The molecule has 0 aliphatic carbocycles. The molecule has 5 heteroatoms. The van der Waals surface area contributed by atoms with Crippen LogP contribution in [0.25, 0.3) is 28.0 Å². The van der Waals surface area contributed by atoms with Gasteiger partial charge in [-0.15, -0.1) is 0 Å². The molecule has 4 rings (SSSR count). The number of imidazole rings is 1. The van der Waals surface area contributed by atoms with Gasteiger partial charge in [-0.2, -0.15) is 5.26 Å². The molecule has 31 heavy (non-hydrogen) atoms. The third-order valence-electron chi connectivity index (χ3n) is 5.27. The van der Waals surface area contributed by atoms with Crippen LogP contribution >= 0.6 is 0 Å². The van der Waals surface area contributed by atoms with Gasteiger partial charge in [0.25, 0.3) is 0 Å². The van der Waals surface area contributed by atoms with E-state index in [0.29, 0.717) is 11.2 Å². The summed E-state index contributed by atoms with van der Waals surface area (Å²) in [7, 11) is 0. The van der Waals surface area contributed by atoms with Crippen LogP contribution < -0.4 is 5.32 Å². The fourth-order valence-electron chi connectivity index (χ4n) is 4.46. The average Bonchev–Trinajstić information content (AvgIpc) is 3.26. The van der Waals surface area contributed by atoms with Crippen LogP contribution in [0.2, 0.25) is 0 Å². The molecule has 0 saturated carbocycles. The zero-order valence-electron chi connectivity index (χ0n) is 18.8. The van der Waals surface area contributed by atoms with Crippen molar-refractivity contribution < 1.29 is 0 Å². The Morgan fingerprint density at radius 3 is 2.16 bits per heavy atom. The topological polar surface area (TPSA) is 68.9 Å². The first-order valence-electron chi connectivity index (χ1n) is 10.6. The van der Waals surface area contributed by atoms with Crippen molar-refractivity contribution in [1.29, 1.82) is 5.26 Å². The summed E-state index contributed by atoms with van der Waals surface area (Å²) in [6.07, 6.45) is 2.68. The summed E-state index contributed by atoms with van der Waals surface area (Å²) in [4.78, 5) is 4.84. The van der Waals surface area contributed by atoms with Crippen LogP contribution in [-0.4, -0.2) is 20.1 Å². The number of hydrogen-bond donors (Lipinski definition) is 2. The Morgan fingerprint density at radius 2 is 1.55 bits per heavy atom. The van der Waals surface area contributed by atoms with E-state index >= 15 is 0 Å². The summed E-state index contributed by atoms with van der Waals surface area (Å²) >= 11 is 0. The normalized spacial score (nSPS) is 12.1. The number of H-pyrrole nitrogens is 1. The molecule has 2 heterocycles. The number of rotatable bonds is 5. The van der Waals surface area contributed by atoms with Gasteiger partial charge >= 0.3 is 0 Å². The van der Waals surface area contributed by atoms with Gasteiger partial charge in [0, 0.05) is 17.3 Å². The summed E-state index contributed by atoms with van der Waals surface area (Å²) in [6, 6.07) is 21.0. The second-order valence-electron chi connectivity index (χ2n) is 9.96. The highest BCUT2D eigenvalue weighted by Crippen LogP contribution is 2.35. The van der Waals surface area contributed by atoms with Gasteiger partial charge in [0.05, 0.1) is 0 Å². The number of hydrogen-bond acceptors (Lipinski definition) is 3. The maximum absolute atomic E-state index is 9.50. The molecule has 4 aromatic rings. The number of nitriles is 1. The van der Waals surface area contributed by atoms with Crippen molar-refractivity contribution in [1.82, 2.24) is 14.6 Å². The van der Waals surface area contributed by atoms with E-state index in [1.54, 1.807) is 6.20 Å². The third kappa shape index (κ3) is 4.34. The Balaban J connectivity index is 1.78. The van der Waals surface area contributed by atoms with E-state index in [2.05, 4.69) is 87.5 Å². The molecule has 0 fully saturated rings. The second kappa shape index (κ2) is 7.63. The quantitative estimate of drug-likeness (QED) is 0.394. The van der Waals surface area contributed by atoms with Crippen molar-refractivity contribution in [2.75, 3.05) is 5.32 Å². The average molecular weight is 412 g/mol. The minimum absolute atomic E-state index is 0.162. The van der Waals surface area contributed by atoms with Crippen molar-refractivity contribution in [3.05, 3.63) is 66.4 Å². The molecule has 2 aromatic carbocycles. The minimum atomic E-state index is -0.162. The Morgan fingerprint density at radius 1 is 0.935 bits per heavy atom. The highest BCUT2D eigenvalue weighted by Gasteiger charge is 2.28. The number of nitrogens with one attached hydrogen (secondary N) is 2. The largest absolute Gasteiger partial charge is 0.363 e. The summed E-state index contributed by atoms with van der Waals surface area (Å²) in [5.41, 5.74) is 5.37. The molecular weight excluding hydrogens is 382 g/mol. The first-order valence-corrected chi connectivity index (χ1v) is 10.6. The Kier molecular flexibility index (Phi) is 5.10. The molecule has 0 radical (unpaired) electrons. The highest BCUT2D eigenvalue weighted by atomic mass is 15.3. The van der Waals surface area contributed by atoms with Crippen LogP contribution in [0, 0.1) is 16.7 Å². The molecule has 0 spiro atoms. The van der Waals surface area contributed by atoms with Gasteiger partial charge < -0.3 is 5.32 Å². The van der Waals surface area contributed by atoms with Gasteiger partial charge in [0.15, 0.2) is 11.5 Å². The maximum atomic E-state index is 9.50. The third-order valence-corrected chi connectivity index (χ3v) is 5.27. The molecule has 0 unspecified atom stereocenters. The fraction of sp³-hybridized carbons (Fsp3) is 0.308. The number of anilines is 1. The standard InChI is InChI=1S/C26H29N5/c1-25(2,3)17-26(4,5)30-24-22(29-23-21(15-27)16-28-31(23)24)20-13-11-19(12-14-20)18-9-7-6-8-10-18/h6-14,16,28,30H,17H2,1-5H3. The predicted molar refractivity (Wildman–Crippen MR) is 127 cm³/mol. The van der Waals surface area contributed by atoms with Gasteiger partial charge in [-0.25, -0.2) is 9.50 Å². The van der Waals surface area contributed by atoms with Crippen molar-refractivity contribution >= 4 is 11.5 Å². The van der Waals surface area contributed by atoms with E-state index in [1.165, 1.54) is 5.56 Å². The highest BCUT2D eigenvalue weighted by molar-refractivity contribution is 5.80. The molecule has 2 N–H and O–H groups in total. The zero-order chi connectivity index (χ0) is 22.2. The Labute approximate surface area is 183 Å². The molecule has 5 nitrogen and oxygen atoms in total. The summed E-state index contributed by atoms with van der Waals surface area (Å²) in [6.45, 7) is 11.1. The van der Waals surface area contributed by atoms with Crippen LogP contribution in [0.3, 0.4) is 0 Å². The van der Waals surface area contributed by atoms with Gasteiger partial charge in [-0.1, -0.05) is 75.4 Å². The number of benzene rings is 2. The van der Waals surface area contributed by atoms with Crippen LogP contribution in [-0.2, 0) is 0 Å². The van der Waals surface area contributed by atoms with E-state index in [4.69, 9.17) is 4.98 Å². The molecule has 0 atom stereocenters. The van der Waals surface area contributed by atoms with Crippen LogP contribution in [0.1, 0.15) is 46.6 Å². The van der Waals surface area contributed by atoms with Crippen molar-refractivity contribution in [2.24, 2.45) is 5.41 Å². The van der Waals surface area contributed by atoms with E-state index in [-0.39, 0.29) is 11.0 Å². The van der Waals surface area contributed by atoms with Gasteiger partial charge in [0.2, 0.25) is 0 Å². The van der Waals surface area contributed by atoms with E-state index in [1.807, 2.05) is 22.7 Å². The summed E-state index contributed by atoms with van der Waals surface area (Å²) < 4.78 is 1.88. The number of nitrogens with zero attached hydrogens (tertiary/aromatic N) is 3. The molecule has 0 aliphatic heterocycles. The maximum Gasteiger partial charge on any atom is 0.173 e. The van der Waals surface area contributed by atoms with E-state index < -0.39 is 0 Å². The molecule has 0 amide bonds. The molecule has 158 valence electrons. The van der Waals surface area contributed by atoms with Crippen molar-refractivity contribution in [3.63, 3.8) is 0 Å². The summed E-state index contributed by atoms with van der Waals surface area (Å²) in [5, 5.41) is 16.4. The number of aromatic nitrogens is 3. The molecule has 2 aromatic heterocycles. The first-order chi connectivity index (χ1) is 14.7. The Hall–Kier alpha value is -3.52. The number of fused-ring (bicyclic) bond motifs is 1. The zero-order valence-corrected chi connectivity index (χ0v) is 18.8. The Bertz CT molecular complexity index is 1230. The lowest BCUT2D eigenvalue weighted by Gasteiger charge is -2.34. The molecule has 0 bridgehead atoms.